The van der Waals surface area contributed by atoms with Crippen molar-refractivity contribution in [2.75, 3.05) is 5.33 Å². The molecule has 0 spiro atoms. The van der Waals surface area contributed by atoms with E-state index in [1.54, 1.807) is 0 Å². The van der Waals surface area contributed by atoms with Crippen LogP contribution in [0.4, 0.5) is 0 Å². The molecule has 0 aromatic heterocycles. The van der Waals surface area contributed by atoms with E-state index in [1.165, 1.54) is 0 Å². The van der Waals surface area contributed by atoms with Gasteiger partial charge in [-0.2, -0.15) is 0 Å². The third-order valence-electron chi connectivity index (χ3n) is 2.85. The van der Waals surface area contributed by atoms with Gasteiger partial charge in [0.2, 0.25) is 0 Å². The smallest absolute Gasteiger partial charge is 0.313 e. The number of Topliss-reactive ketones (excluding diaryl/α,β-unsaturated/α-hetero) is 1. The summed E-state index contributed by atoms with van der Waals surface area (Å²) in [6.45, 7) is 3.63. The number of rotatable bonds is 8. The van der Waals surface area contributed by atoms with E-state index >= 15 is 0 Å². The van der Waals surface area contributed by atoms with Crippen LogP contribution in [0, 0.1) is 0 Å². The molecule has 4 nitrogen and oxygen atoms in total. The molecule has 0 unspecified atom stereocenters. The molecule has 21 heavy (non-hydrogen) atoms. The largest absolute Gasteiger partial charge is 0.459 e. The molecule has 116 valence electrons. The molecule has 0 radical (unpaired) electrons. The maximum absolute atomic E-state index is 11.8. The summed E-state index contributed by atoms with van der Waals surface area (Å²) in [7, 11) is 0. The molecule has 0 aliphatic rings. The topological polar surface area (TPSA) is 63.6 Å². The van der Waals surface area contributed by atoms with E-state index in [9.17, 15) is 14.7 Å². The summed E-state index contributed by atoms with van der Waals surface area (Å²) in [6, 6.07) is 9.72. The fourth-order valence-electron chi connectivity index (χ4n) is 2.02. The minimum absolute atomic E-state index is 0.0422. The number of benzene rings is 1. The average molecular weight is 357 g/mol. The molecule has 1 rings (SSSR count). The number of halogens is 1. The normalized spacial score (nSPS) is 12.8. The maximum atomic E-state index is 11.8. The molecule has 0 fully saturated rings. The Morgan fingerprint density at radius 3 is 2.48 bits per heavy atom. The zero-order valence-corrected chi connectivity index (χ0v) is 13.9. The van der Waals surface area contributed by atoms with Gasteiger partial charge in [-0.15, -0.1) is 0 Å². The van der Waals surface area contributed by atoms with Crippen LogP contribution >= 0.6 is 15.9 Å². The van der Waals surface area contributed by atoms with Gasteiger partial charge >= 0.3 is 5.97 Å². The summed E-state index contributed by atoms with van der Waals surface area (Å²) < 4.78 is 5.37. The summed E-state index contributed by atoms with van der Waals surface area (Å²) in [5, 5.41) is 9.66. The van der Waals surface area contributed by atoms with Crippen molar-refractivity contribution >= 4 is 27.7 Å². The molecule has 1 N–H and O–H groups in total. The molecule has 0 saturated carbocycles. The van der Waals surface area contributed by atoms with Gasteiger partial charge in [0, 0.05) is 18.2 Å². The minimum Gasteiger partial charge on any atom is -0.459 e. The summed E-state index contributed by atoms with van der Waals surface area (Å²) in [5.41, 5.74) is 0.392. The summed E-state index contributed by atoms with van der Waals surface area (Å²) in [6.07, 6.45) is -0.526. The third kappa shape index (κ3) is 7.39. The zero-order valence-electron chi connectivity index (χ0n) is 12.3. The monoisotopic (exact) mass is 356 g/mol. The Morgan fingerprint density at radius 2 is 1.90 bits per heavy atom. The van der Waals surface area contributed by atoms with Gasteiger partial charge in [0.1, 0.15) is 17.8 Å². The van der Waals surface area contributed by atoms with Gasteiger partial charge in [0.25, 0.3) is 0 Å². The first-order chi connectivity index (χ1) is 9.82. The van der Waals surface area contributed by atoms with Gasteiger partial charge < -0.3 is 9.84 Å². The van der Waals surface area contributed by atoms with Crippen molar-refractivity contribution in [1.82, 2.24) is 0 Å². The number of aliphatic hydroxyl groups is 1. The Morgan fingerprint density at radius 1 is 1.29 bits per heavy atom. The highest BCUT2D eigenvalue weighted by Crippen LogP contribution is 2.18. The van der Waals surface area contributed by atoms with Crippen molar-refractivity contribution in [3.8, 4) is 0 Å². The van der Waals surface area contributed by atoms with Gasteiger partial charge in [-0.05, 0) is 19.4 Å². The summed E-state index contributed by atoms with van der Waals surface area (Å²) >= 11 is 3.08. The highest BCUT2D eigenvalue weighted by Gasteiger charge is 2.25. The molecule has 0 saturated heterocycles. The average Bonchev–Trinajstić information content (AvgIpc) is 2.37. The predicted molar refractivity (Wildman–Crippen MR) is 84.4 cm³/mol. The highest BCUT2D eigenvalue weighted by molar-refractivity contribution is 9.09. The molecular weight excluding hydrogens is 336 g/mol. The molecule has 0 amide bonds. The zero-order chi connectivity index (χ0) is 15.9. The van der Waals surface area contributed by atoms with Crippen LogP contribution in [0.25, 0.3) is 0 Å². The van der Waals surface area contributed by atoms with Crippen molar-refractivity contribution in [1.29, 1.82) is 0 Å². The number of hydrogen-bond donors (Lipinski definition) is 1. The number of hydrogen-bond acceptors (Lipinski definition) is 4. The van der Waals surface area contributed by atoms with Crippen molar-refractivity contribution in [2.45, 2.75) is 44.8 Å². The predicted octanol–water partition coefficient (Wildman–Crippen LogP) is 2.66. The van der Waals surface area contributed by atoms with Crippen molar-refractivity contribution < 1.29 is 19.4 Å². The van der Waals surface area contributed by atoms with Gasteiger partial charge in [-0.25, -0.2) is 0 Å². The fourth-order valence-corrected chi connectivity index (χ4v) is 2.25. The van der Waals surface area contributed by atoms with Crippen molar-refractivity contribution in [3.63, 3.8) is 0 Å². The van der Waals surface area contributed by atoms with Crippen LogP contribution in [0.15, 0.2) is 30.3 Å². The van der Waals surface area contributed by atoms with Gasteiger partial charge in [0.15, 0.2) is 0 Å². The molecule has 1 atom stereocenters. The van der Waals surface area contributed by atoms with Crippen LogP contribution in [0.1, 0.15) is 32.3 Å². The highest BCUT2D eigenvalue weighted by atomic mass is 79.9. The lowest BCUT2D eigenvalue weighted by atomic mass is 9.98. The van der Waals surface area contributed by atoms with Gasteiger partial charge in [0.05, 0.1) is 6.10 Å². The second kappa shape index (κ2) is 8.29. The molecule has 1 aromatic rings. The standard InChI is InChI=1S/C16H21BrO4/c1-16(2,10-12-6-4-3-5-7-12)21-15(20)9-13(18)8-14(19)11-17/h3-7,14,19H,8-11H2,1-2H3/t14-/m0/s1. The number of ketones is 1. The van der Waals surface area contributed by atoms with E-state index in [4.69, 9.17) is 4.74 Å². The number of carbonyl (C=O) groups excluding carboxylic acids is 2. The molecule has 0 bridgehead atoms. The van der Waals surface area contributed by atoms with Crippen molar-refractivity contribution in [3.05, 3.63) is 35.9 Å². The third-order valence-corrected chi connectivity index (χ3v) is 3.59. The number of alkyl halides is 1. The van der Waals surface area contributed by atoms with Crippen LogP contribution in [0.5, 0.6) is 0 Å². The lowest BCUT2D eigenvalue weighted by Crippen LogP contribution is -2.31. The van der Waals surface area contributed by atoms with E-state index in [2.05, 4.69) is 15.9 Å². The van der Waals surface area contributed by atoms with Crippen LogP contribution < -0.4 is 0 Å². The lowest BCUT2D eigenvalue weighted by molar-refractivity contribution is -0.157. The second-order valence-electron chi connectivity index (χ2n) is 5.62. The molecular formula is C16H21BrO4. The van der Waals surface area contributed by atoms with E-state index in [0.717, 1.165) is 5.56 Å². The lowest BCUT2D eigenvalue weighted by Gasteiger charge is -2.25. The molecule has 1 aromatic carbocycles. The minimum atomic E-state index is -0.761. The van der Waals surface area contributed by atoms with E-state index in [-0.39, 0.29) is 18.6 Å². The number of carbonyl (C=O) groups is 2. The molecule has 5 heteroatoms. The van der Waals surface area contributed by atoms with Crippen LogP contribution in [0.2, 0.25) is 0 Å². The van der Waals surface area contributed by atoms with Gasteiger partial charge in [-0.3, -0.25) is 9.59 Å². The first-order valence-corrected chi connectivity index (χ1v) is 7.96. The number of aliphatic hydroxyl groups excluding tert-OH is 1. The van der Waals surface area contributed by atoms with E-state index in [0.29, 0.717) is 11.8 Å². The van der Waals surface area contributed by atoms with E-state index in [1.807, 2.05) is 44.2 Å². The molecule has 0 aliphatic heterocycles. The first kappa shape index (κ1) is 17.9. The van der Waals surface area contributed by atoms with Crippen LogP contribution in [-0.2, 0) is 20.7 Å². The number of ether oxygens (including phenoxy) is 1. The van der Waals surface area contributed by atoms with E-state index < -0.39 is 17.7 Å². The molecule has 0 heterocycles. The van der Waals surface area contributed by atoms with Crippen molar-refractivity contribution in [2.24, 2.45) is 0 Å². The molecule has 0 aliphatic carbocycles. The summed E-state index contributed by atoms with van der Waals surface area (Å²) in [4.78, 5) is 23.4. The summed E-state index contributed by atoms with van der Waals surface area (Å²) in [5.74, 6) is -0.870. The number of esters is 1. The van der Waals surface area contributed by atoms with Gasteiger partial charge in [-0.1, -0.05) is 46.3 Å². The van der Waals surface area contributed by atoms with Crippen LogP contribution in [0.3, 0.4) is 0 Å². The van der Waals surface area contributed by atoms with Crippen LogP contribution in [-0.4, -0.2) is 33.9 Å². The Balaban J connectivity index is 2.47. The second-order valence-corrected chi connectivity index (χ2v) is 6.27. The first-order valence-electron chi connectivity index (χ1n) is 6.84. The SMILES string of the molecule is CC(C)(Cc1ccccc1)OC(=O)CC(=O)C[C@H](O)CBr. The Hall–Kier alpha value is -1.20. The Kier molecular flexibility index (Phi) is 7.05. The Bertz CT molecular complexity index is 470. The quantitative estimate of drug-likeness (QED) is 0.441. The fraction of sp³-hybridized carbons (Fsp3) is 0.500. The maximum Gasteiger partial charge on any atom is 0.313 e. The Labute approximate surface area is 133 Å².